The van der Waals surface area contributed by atoms with Crippen molar-refractivity contribution < 1.29 is 4.79 Å². The maximum absolute atomic E-state index is 12.8. The van der Waals surface area contributed by atoms with Crippen molar-refractivity contribution in [1.82, 2.24) is 20.1 Å². The van der Waals surface area contributed by atoms with Crippen LogP contribution in [0.3, 0.4) is 0 Å². The van der Waals surface area contributed by atoms with Gasteiger partial charge in [-0.2, -0.15) is 0 Å². The van der Waals surface area contributed by atoms with E-state index in [4.69, 9.17) is 0 Å². The fourth-order valence-corrected chi connectivity index (χ4v) is 3.44. The highest BCUT2D eigenvalue weighted by atomic mass is 32.1. The molecule has 2 aromatic rings. The van der Waals surface area contributed by atoms with Crippen LogP contribution in [0.1, 0.15) is 40.8 Å². The number of thiazole rings is 1. The number of rotatable bonds is 3. The predicted octanol–water partition coefficient (Wildman–Crippen LogP) is 2.37. The Morgan fingerprint density at radius 1 is 1.32 bits per heavy atom. The number of nitrogens with zero attached hydrogens (tertiary/aromatic N) is 5. The monoisotopic (exact) mass is 317 g/mol. The average Bonchev–Trinajstić information content (AvgIpc) is 3.08. The highest BCUT2D eigenvalue weighted by Gasteiger charge is 2.31. The molecule has 6 nitrogen and oxygen atoms in total. The smallest absolute Gasteiger partial charge is 0.274 e. The van der Waals surface area contributed by atoms with Crippen molar-refractivity contribution in [3.8, 4) is 0 Å². The maximum Gasteiger partial charge on any atom is 0.274 e. The second-order valence-electron chi connectivity index (χ2n) is 5.55. The summed E-state index contributed by atoms with van der Waals surface area (Å²) in [7, 11) is 3.79. The molecule has 116 valence electrons. The summed E-state index contributed by atoms with van der Waals surface area (Å²) in [5.74, 6) is 0.685. The second kappa shape index (κ2) is 6.39. The predicted molar refractivity (Wildman–Crippen MR) is 86.1 cm³/mol. The van der Waals surface area contributed by atoms with Crippen LogP contribution in [0.2, 0.25) is 0 Å². The molecule has 0 bridgehead atoms. The fraction of sp³-hybridized carbons (Fsp3) is 0.467. The van der Waals surface area contributed by atoms with Crippen molar-refractivity contribution in [2.75, 3.05) is 25.5 Å². The number of hydrogen-bond donors (Lipinski definition) is 0. The Labute approximate surface area is 133 Å². The number of likely N-dealkylation sites (tertiary alicyclic amines) is 1. The van der Waals surface area contributed by atoms with Gasteiger partial charge in [-0.05, 0) is 31.4 Å². The normalized spacial score (nSPS) is 18.3. The van der Waals surface area contributed by atoms with Crippen LogP contribution >= 0.6 is 11.3 Å². The molecule has 0 aromatic carbocycles. The van der Waals surface area contributed by atoms with Crippen molar-refractivity contribution in [3.63, 3.8) is 0 Å². The van der Waals surface area contributed by atoms with E-state index < -0.39 is 0 Å². The lowest BCUT2D eigenvalue weighted by Gasteiger charge is -2.34. The van der Waals surface area contributed by atoms with E-state index in [2.05, 4.69) is 15.2 Å². The minimum Gasteiger partial charge on any atom is -0.361 e. The molecule has 3 heterocycles. The van der Waals surface area contributed by atoms with E-state index in [1.165, 1.54) is 0 Å². The molecular formula is C15H19N5OS. The summed E-state index contributed by atoms with van der Waals surface area (Å²) in [6, 6.07) is 3.64. The fourth-order valence-electron chi connectivity index (χ4n) is 2.66. The van der Waals surface area contributed by atoms with Gasteiger partial charge in [-0.15, -0.1) is 21.5 Å². The quantitative estimate of drug-likeness (QED) is 0.869. The average molecular weight is 317 g/mol. The van der Waals surface area contributed by atoms with Crippen LogP contribution < -0.4 is 4.90 Å². The number of aromatic nitrogens is 3. The lowest BCUT2D eigenvalue weighted by molar-refractivity contribution is 0.0604. The SMILES string of the molecule is CN(C)c1ccc(C(=O)N2CCCC[C@H]2c2nccs2)nn1. The van der Waals surface area contributed by atoms with E-state index in [0.29, 0.717) is 5.69 Å². The van der Waals surface area contributed by atoms with Gasteiger partial charge in [0.15, 0.2) is 11.5 Å². The van der Waals surface area contributed by atoms with Crippen molar-refractivity contribution in [1.29, 1.82) is 0 Å². The highest BCUT2D eigenvalue weighted by molar-refractivity contribution is 7.09. The molecule has 1 fully saturated rings. The number of amides is 1. The number of carbonyl (C=O) groups is 1. The Kier molecular flexibility index (Phi) is 4.33. The van der Waals surface area contributed by atoms with Gasteiger partial charge in [0.25, 0.3) is 5.91 Å². The van der Waals surface area contributed by atoms with E-state index in [-0.39, 0.29) is 11.9 Å². The van der Waals surface area contributed by atoms with E-state index in [0.717, 1.165) is 36.6 Å². The molecule has 1 aliphatic rings. The molecule has 2 aromatic heterocycles. The first-order valence-corrected chi connectivity index (χ1v) is 8.26. The lowest BCUT2D eigenvalue weighted by Crippen LogP contribution is -2.39. The molecule has 1 aliphatic heterocycles. The summed E-state index contributed by atoms with van der Waals surface area (Å²) in [6.07, 6.45) is 4.90. The maximum atomic E-state index is 12.8. The zero-order valence-electron chi connectivity index (χ0n) is 12.8. The Morgan fingerprint density at radius 2 is 2.18 bits per heavy atom. The third-order valence-corrected chi connectivity index (χ3v) is 4.70. The molecule has 3 rings (SSSR count). The molecule has 0 radical (unpaired) electrons. The van der Waals surface area contributed by atoms with E-state index >= 15 is 0 Å². The highest BCUT2D eigenvalue weighted by Crippen LogP contribution is 2.32. The first-order chi connectivity index (χ1) is 10.7. The molecular weight excluding hydrogens is 298 g/mol. The summed E-state index contributed by atoms with van der Waals surface area (Å²) in [5.41, 5.74) is 0.397. The standard InChI is InChI=1S/C15H19N5OS/c1-19(2)13-7-6-11(17-18-13)15(21)20-9-4-3-5-12(20)14-16-8-10-22-14/h6-8,10,12H,3-5,9H2,1-2H3/t12-/m0/s1. The van der Waals surface area contributed by atoms with Crippen LogP contribution in [-0.4, -0.2) is 46.6 Å². The van der Waals surface area contributed by atoms with Gasteiger partial charge < -0.3 is 9.80 Å². The van der Waals surface area contributed by atoms with Gasteiger partial charge in [-0.25, -0.2) is 4.98 Å². The van der Waals surface area contributed by atoms with Crippen LogP contribution in [0.5, 0.6) is 0 Å². The van der Waals surface area contributed by atoms with Gasteiger partial charge in [0.1, 0.15) is 5.01 Å². The molecule has 0 aliphatic carbocycles. The summed E-state index contributed by atoms with van der Waals surface area (Å²) in [6.45, 7) is 0.750. The molecule has 0 unspecified atom stereocenters. The molecule has 22 heavy (non-hydrogen) atoms. The molecule has 1 atom stereocenters. The summed E-state index contributed by atoms with van der Waals surface area (Å²) >= 11 is 1.60. The number of piperidine rings is 1. The minimum atomic E-state index is -0.0577. The van der Waals surface area contributed by atoms with Crippen LogP contribution in [0.4, 0.5) is 5.82 Å². The van der Waals surface area contributed by atoms with Gasteiger partial charge in [0.2, 0.25) is 0 Å². The Hall–Kier alpha value is -2.02. The largest absolute Gasteiger partial charge is 0.361 e. The lowest BCUT2D eigenvalue weighted by atomic mass is 10.0. The Balaban J connectivity index is 1.82. The van der Waals surface area contributed by atoms with Gasteiger partial charge in [0.05, 0.1) is 6.04 Å². The van der Waals surface area contributed by atoms with Crippen molar-refractivity contribution in [2.24, 2.45) is 0 Å². The zero-order valence-corrected chi connectivity index (χ0v) is 13.6. The van der Waals surface area contributed by atoms with Crippen LogP contribution in [0, 0.1) is 0 Å². The van der Waals surface area contributed by atoms with Crippen LogP contribution in [-0.2, 0) is 0 Å². The Bertz CT molecular complexity index is 626. The molecule has 0 N–H and O–H groups in total. The first-order valence-electron chi connectivity index (χ1n) is 7.38. The summed E-state index contributed by atoms with van der Waals surface area (Å²) < 4.78 is 0. The molecule has 0 spiro atoms. The number of hydrogen-bond acceptors (Lipinski definition) is 6. The van der Waals surface area contributed by atoms with Gasteiger partial charge in [-0.3, -0.25) is 4.79 Å². The third kappa shape index (κ3) is 2.94. The van der Waals surface area contributed by atoms with Crippen LogP contribution in [0.25, 0.3) is 0 Å². The van der Waals surface area contributed by atoms with E-state index in [9.17, 15) is 4.79 Å². The van der Waals surface area contributed by atoms with Crippen molar-refractivity contribution >= 4 is 23.1 Å². The van der Waals surface area contributed by atoms with Gasteiger partial charge >= 0.3 is 0 Å². The minimum absolute atomic E-state index is 0.0577. The molecule has 1 saturated heterocycles. The Morgan fingerprint density at radius 3 is 2.82 bits per heavy atom. The van der Waals surface area contributed by atoms with Crippen molar-refractivity contribution in [3.05, 3.63) is 34.4 Å². The van der Waals surface area contributed by atoms with E-state index in [1.54, 1.807) is 23.6 Å². The third-order valence-electron chi connectivity index (χ3n) is 3.83. The number of anilines is 1. The molecule has 1 amide bonds. The topological polar surface area (TPSA) is 62.2 Å². The zero-order chi connectivity index (χ0) is 15.5. The molecule has 0 saturated carbocycles. The molecule has 7 heteroatoms. The first kappa shape index (κ1) is 14.9. The summed E-state index contributed by atoms with van der Waals surface area (Å²) in [5, 5.41) is 11.2. The summed E-state index contributed by atoms with van der Waals surface area (Å²) in [4.78, 5) is 20.9. The van der Waals surface area contributed by atoms with E-state index in [1.807, 2.05) is 35.3 Å². The van der Waals surface area contributed by atoms with Crippen LogP contribution in [0.15, 0.2) is 23.7 Å². The second-order valence-corrected chi connectivity index (χ2v) is 6.48. The van der Waals surface area contributed by atoms with Gasteiger partial charge in [-0.1, -0.05) is 0 Å². The van der Waals surface area contributed by atoms with Crippen molar-refractivity contribution in [2.45, 2.75) is 25.3 Å². The number of carbonyl (C=O) groups excluding carboxylic acids is 1. The van der Waals surface area contributed by atoms with Gasteiger partial charge in [0, 0.05) is 32.2 Å².